The van der Waals surface area contributed by atoms with Gasteiger partial charge < -0.3 is 5.11 Å². The van der Waals surface area contributed by atoms with Crippen LogP contribution in [0.15, 0.2) is 6.20 Å². The lowest BCUT2D eigenvalue weighted by Gasteiger charge is -2.21. The number of hydrogen-bond acceptors (Lipinski definition) is 2. The van der Waals surface area contributed by atoms with Gasteiger partial charge in [-0.15, -0.1) is 0 Å². The number of aromatic amines is 1. The maximum atomic E-state index is 12.3. The summed E-state index contributed by atoms with van der Waals surface area (Å²) in [5.41, 5.74) is -0.430. The first-order valence-corrected chi connectivity index (χ1v) is 4.42. The number of aliphatic hydroxyl groups is 1. The monoisotopic (exact) mass is 222 g/mol. The third-order valence-corrected chi connectivity index (χ3v) is 2.02. The van der Waals surface area contributed by atoms with E-state index in [0.29, 0.717) is 5.69 Å². The van der Waals surface area contributed by atoms with Gasteiger partial charge in [0.1, 0.15) is 0 Å². The van der Waals surface area contributed by atoms with Crippen LogP contribution in [0, 0.1) is 0 Å². The average Bonchev–Trinajstić information content (AvgIpc) is 2.47. The first kappa shape index (κ1) is 12.0. The zero-order chi connectivity index (χ0) is 11.9. The fourth-order valence-corrected chi connectivity index (χ4v) is 1.28. The molecule has 0 bridgehead atoms. The molecule has 0 spiro atoms. The molecule has 3 nitrogen and oxygen atoms in total. The molecule has 1 aromatic rings. The van der Waals surface area contributed by atoms with Crippen molar-refractivity contribution in [2.75, 3.05) is 0 Å². The van der Waals surface area contributed by atoms with Crippen molar-refractivity contribution in [2.24, 2.45) is 0 Å². The number of H-pyrrole nitrogens is 1. The second kappa shape index (κ2) is 3.52. The minimum atomic E-state index is -4.66. The van der Waals surface area contributed by atoms with Gasteiger partial charge in [-0.3, -0.25) is 5.10 Å². The maximum absolute atomic E-state index is 12.3. The Balaban J connectivity index is 3.12. The Kier molecular flexibility index (Phi) is 2.82. The number of rotatable bonds is 1. The fraction of sp³-hybridized carbons (Fsp3) is 0.667. The van der Waals surface area contributed by atoms with Gasteiger partial charge in [-0.2, -0.15) is 18.3 Å². The molecule has 0 unspecified atom stereocenters. The Morgan fingerprint density at radius 1 is 1.33 bits per heavy atom. The molecule has 0 saturated carbocycles. The lowest BCUT2D eigenvalue weighted by molar-refractivity contribution is -0.207. The summed E-state index contributed by atoms with van der Waals surface area (Å²) < 4.78 is 36.9. The average molecular weight is 222 g/mol. The molecule has 6 heteroatoms. The number of aromatic nitrogens is 2. The Morgan fingerprint density at radius 2 is 1.87 bits per heavy atom. The quantitative estimate of drug-likeness (QED) is 0.766. The lowest BCUT2D eigenvalue weighted by atomic mass is 9.88. The van der Waals surface area contributed by atoms with E-state index < -0.39 is 17.7 Å². The second-order valence-electron chi connectivity index (χ2n) is 4.39. The van der Waals surface area contributed by atoms with Crippen LogP contribution in [0.5, 0.6) is 0 Å². The van der Waals surface area contributed by atoms with Crippen LogP contribution >= 0.6 is 0 Å². The summed E-state index contributed by atoms with van der Waals surface area (Å²) >= 11 is 0. The third kappa shape index (κ3) is 2.50. The van der Waals surface area contributed by atoms with E-state index in [1.54, 1.807) is 20.8 Å². The largest absolute Gasteiger partial charge is 0.418 e. The van der Waals surface area contributed by atoms with Gasteiger partial charge in [0.15, 0.2) is 6.10 Å². The molecule has 1 atom stereocenters. The number of aliphatic hydroxyl groups excluding tert-OH is 1. The Hall–Kier alpha value is -1.04. The summed E-state index contributed by atoms with van der Waals surface area (Å²) in [6.07, 6.45) is -6.13. The zero-order valence-electron chi connectivity index (χ0n) is 8.68. The highest BCUT2D eigenvalue weighted by Gasteiger charge is 2.42. The molecule has 1 rings (SSSR count). The van der Waals surface area contributed by atoms with E-state index in [1.165, 1.54) is 0 Å². The van der Waals surface area contributed by atoms with Crippen LogP contribution in [-0.4, -0.2) is 21.5 Å². The summed E-state index contributed by atoms with van der Waals surface area (Å²) in [5, 5.41) is 15.1. The van der Waals surface area contributed by atoms with E-state index in [9.17, 15) is 13.2 Å². The van der Waals surface area contributed by atoms with Gasteiger partial charge in [-0.05, 0) is 0 Å². The van der Waals surface area contributed by atoms with Gasteiger partial charge in [0.25, 0.3) is 0 Å². The van der Waals surface area contributed by atoms with Crippen molar-refractivity contribution in [1.82, 2.24) is 10.2 Å². The standard InChI is InChI=1S/C9H13F3N2O/c1-8(2,3)6-5(4-13-14-6)7(15)9(10,11)12/h4,7,15H,1-3H3,(H,13,14)/t7-/m0/s1. The molecule has 1 heterocycles. The molecule has 15 heavy (non-hydrogen) atoms. The predicted molar refractivity (Wildman–Crippen MR) is 48.3 cm³/mol. The minimum Gasteiger partial charge on any atom is -0.379 e. The molecule has 0 aliphatic rings. The van der Waals surface area contributed by atoms with E-state index in [2.05, 4.69) is 10.2 Å². The van der Waals surface area contributed by atoms with Gasteiger partial charge in [0.2, 0.25) is 0 Å². The summed E-state index contributed by atoms with van der Waals surface area (Å²) in [4.78, 5) is 0. The molecule has 0 aliphatic carbocycles. The number of alkyl halides is 3. The normalized spacial score (nSPS) is 15.4. The van der Waals surface area contributed by atoms with Gasteiger partial charge >= 0.3 is 6.18 Å². The molecule has 0 fully saturated rings. The SMILES string of the molecule is CC(C)(C)c1[nH]ncc1[C@H](O)C(F)(F)F. The molecule has 0 saturated heterocycles. The van der Waals surface area contributed by atoms with E-state index in [1.807, 2.05) is 0 Å². The van der Waals surface area contributed by atoms with Crippen LogP contribution in [0.1, 0.15) is 38.1 Å². The summed E-state index contributed by atoms with van der Waals surface area (Å²) in [5.74, 6) is 0. The Bertz CT molecular complexity index is 338. The second-order valence-corrected chi connectivity index (χ2v) is 4.39. The molecule has 0 aromatic carbocycles. The van der Waals surface area contributed by atoms with Gasteiger partial charge in [0.05, 0.1) is 6.20 Å². The summed E-state index contributed by atoms with van der Waals surface area (Å²) in [7, 11) is 0. The van der Waals surface area contributed by atoms with E-state index in [4.69, 9.17) is 5.11 Å². The number of nitrogens with zero attached hydrogens (tertiary/aromatic N) is 1. The van der Waals surface area contributed by atoms with Crippen LogP contribution in [0.25, 0.3) is 0 Å². The van der Waals surface area contributed by atoms with Crippen molar-refractivity contribution in [3.05, 3.63) is 17.5 Å². The van der Waals surface area contributed by atoms with Crippen LogP contribution in [0.2, 0.25) is 0 Å². The first-order chi connectivity index (χ1) is 6.64. The van der Waals surface area contributed by atoms with Crippen molar-refractivity contribution in [3.8, 4) is 0 Å². The van der Waals surface area contributed by atoms with Crippen molar-refractivity contribution in [2.45, 2.75) is 38.5 Å². The summed E-state index contributed by atoms with van der Waals surface area (Å²) in [6.45, 7) is 5.23. The molecule has 2 N–H and O–H groups in total. The van der Waals surface area contributed by atoms with Crippen molar-refractivity contribution < 1.29 is 18.3 Å². The Labute approximate surface area is 85.3 Å². The van der Waals surface area contributed by atoms with Gasteiger partial charge in [-0.1, -0.05) is 20.8 Å². The minimum absolute atomic E-state index is 0.213. The smallest absolute Gasteiger partial charge is 0.379 e. The van der Waals surface area contributed by atoms with Crippen molar-refractivity contribution >= 4 is 0 Å². The fourth-order valence-electron chi connectivity index (χ4n) is 1.28. The van der Waals surface area contributed by atoms with E-state index in [-0.39, 0.29) is 5.56 Å². The molecule has 86 valence electrons. The van der Waals surface area contributed by atoms with Gasteiger partial charge in [-0.25, -0.2) is 0 Å². The van der Waals surface area contributed by atoms with Gasteiger partial charge in [0, 0.05) is 16.7 Å². The van der Waals surface area contributed by atoms with E-state index >= 15 is 0 Å². The number of hydrogen-bond donors (Lipinski definition) is 2. The number of nitrogens with one attached hydrogen (secondary N) is 1. The molecule has 0 radical (unpaired) electrons. The maximum Gasteiger partial charge on any atom is 0.418 e. The highest BCUT2D eigenvalue weighted by Crippen LogP contribution is 2.36. The highest BCUT2D eigenvalue weighted by atomic mass is 19.4. The molecular formula is C9H13F3N2O. The van der Waals surface area contributed by atoms with Crippen molar-refractivity contribution in [1.29, 1.82) is 0 Å². The predicted octanol–water partition coefficient (Wildman–Crippen LogP) is 2.30. The highest BCUT2D eigenvalue weighted by molar-refractivity contribution is 5.26. The van der Waals surface area contributed by atoms with E-state index in [0.717, 1.165) is 6.20 Å². The van der Waals surface area contributed by atoms with Crippen LogP contribution in [-0.2, 0) is 5.41 Å². The number of halogens is 3. The van der Waals surface area contributed by atoms with Crippen LogP contribution in [0.3, 0.4) is 0 Å². The molecular weight excluding hydrogens is 209 g/mol. The lowest BCUT2D eigenvalue weighted by Crippen LogP contribution is -2.24. The zero-order valence-corrected chi connectivity index (χ0v) is 8.68. The Morgan fingerprint density at radius 3 is 2.27 bits per heavy atom. The molecule has 0 amide bonds. The molecule has 0 aliphatic heterocycles. The van der Waals surface area contributed by atoms with Crippen LogP contribution in [0.4, 0.5) is 13.2 Å². The summed E-state index contributed by atoms with van der Waals surface area (Å²) in [6, 6.07) is 0. The topological polar surface area (TPSA) is 48.9 Å². The first-order valence-electron chi connectivity index (χ1n) is 4.42. The van der Waals surface area contributed by atoms with Crippen molar-refractivity contribution in [3.63, 3.8) is 0 Å². The molecule has 1 aromatic heterocycles. The third-order valence-electron chi connectivity index (χ3n) is 2.02. The van der Waals surface area contributed by atoms with Crippen LogP contribution < -0.4 is 0 Å².